The van der Waals surface area contributed by atoms with Gasteiger partial charge in [0.05, 0.1) is 10.6 Å². The summed E-state index contributed by atoms with van der Waals surface area (Å²) in [7, 11) is -0.425. The van der Waals surface area contributed by atoms with Crippen LogP contribution in [0.25, 0.3) is 0 Å². The molecule has 8 nitrogen and oxygen atoms in total. The first-order valence-corrected chi connectivity index (χ1v) is 11.2. The highest BCUT2D eigenvalue weighted by molar-refractivity contribution is 7.89. The molecule has 1 aliphatic rings. The number of anilines is 2. The van der Waals surface area contributed by atoms with Gasteiger partial charge < -0.3 is 15.0 Å². The zero-order chi connectivity index (χ0) is 23.5. The number of rotatable bonds is 6. The lowest BCUT2D eigenvalue weighted by molar-refractivity contribution is -0.274. The molecule has 1 N–H and O–H groups in total. The Morgan fingerprint density at radius 1 is 1.19 bits per heavy atom. The van der Waals surface area contributed by atoms with Crippen molar-refractivity contribution >= 4 is 27.4 Å². The smallest absolute Gasteiger partial charge is 0.406 e. The van der Waals surface area contributed by atoms with E-state index in [9.17, 15) is 26.4 Å². The number of nitrogens with zero attached hydrogens (tertiary/aromatic N) is 3. The number of ether oxygens (including phenoxy) is 1. The van der Waals surface area contributed by atoms with Crippen molar-refractivity contribution in [1.82, 2.24) is 9.29 Å². The van der Waals surface area contributed by atoms with Gasteiger partial charge in [0.15, 0.2) is 5.82 Å². The van der Waals surface area contributed by atoms with Crippen molar-refractivity contribution in [2.24, 2.45) is 5.92 Å². The van der Waals surface area contributed by atoms with E-state index in [4.69, 9.17) is 0 Å². The Labute approximate surface area is 184 Å². The third kappa shape index (κ3) is 5.68. The van der Waals surface area contributed by atoms with Crippen molar-refractivity contribution in [3.63, 3.8) is 0 Å². The molecule has 0 unspecified atom stereocenters. The largest absolute Gasteiger partial charge is 0.573 e. The molecule has 0 bridgehead atoms. The second-order valence-corrected chi connectivity index (χ2v) is 9.40. The number of hydrogen-bond donors (Lipinski definition) is 1. The molecule has 0 radical (unpaired) electrons. The molecule has 174 valence electrons. The van der Waals surface area contributed by atoms with Crippen LogP contribution in [0.4, 0.5) is 24.7 Å². The van der Waals surface area contributed by atoms with E-state index in [1.165, 1.54) is 16.4 Å². The number of alkyl halides is 3. The monoisotopic (exact) mass is 472 g/mol. The third-order valence-corrected chi connectivity index (χ3v) is 6.86. The highest BCUT2D eigenvalue weighted by Crippen LogP contribution is 2.29. The molecule has 0 aliphatic carbocycles. The van der Waals surface area contributed by atoms with Crippen LogP contribution >= 0.6 is 0 Å². The summed E-state index contributed by atoms with van der Waals surface area (Å²) in [5.74, 6) is -0.655. The molecule has 1 aliphatic heterocycles. The fourth-order valence-corrected chi connectivity index (χ4v) is 4.93. The standard InChI is InChI=1S/C20H23F3N4O4S/c1-26(2)18-17(7-4-10-24-18)25-19(28)14-8-11-27(12-9-14)32(29,30)16-6-3-5-15(13-16)31-20(21,22)23/h3-7,10,13-14H,8-9,11-12H2,1-2H3,(H,25,28). The number of hydrogen-bond acceptors (Lipinski definition) is 6. The van der Waals surface area contributed by atoms with Crippen LogP contribution in [0.3, 0.4) is 0 Å². The van der Waals surface area contributed by atoms with E-state index in [2.05, 4.69) is 15.0 Å². The van der Waals surface area contributed by atoms with Gasteiger partial charge in [-0.15, -0.1) is 13.2 Å². The number of amides is 1. The van der Waals surface area contributed by atoms with Crippen molar-refractivity contribution in [1.29, 1.82) is 0 Å². The Morgan fingerprint density at radius 3 is 2.50 bits per heavy atom. The summed E-state index contributed by atoms with van der Waals surface area (Å²) in [6.45, 7) is 0.136. The summed E-state index contributed by atoms with van der Waals surface area (Å²) in [5.41, 5.74) is 0.555. The molecule has 0 spiro atoms. The molecule has 0 saturated carbocycles. The summed E-state index contributed by atoms with van der Waals surface area (Å²) >= 11 is 0. The zero-order valence-electron chi connectivity index (χ0n) is 17.5. The summed E-state index contributed by atoms with van der Waals surface area (Å²) in [5, 5.41) is 2.84. The van der Waals surface area contributed by atoms with Gasteiger partial charge >= 0.3 is 6.36 Å². The summed E-state index contributed by atoms with van der Waals surface area (Å²) in [6.07, 6.45) is -2.75. The Kier molecular flexibility index (Phi) is 6.94. The molecule has 32 heavy (non-hydrogen) atoms. The quantitative estimate of drug-likeness (QED) is 0.695. The Hall–Kier alpha value is -2.86. The average Bonchev–Trinajstić information content (AvgIpc) is 2.73. The van der Waals surface area contributed by atoms with E-state index in [0.717, 1.165) is 12.1 Å². The van der Waals surface area contributed by atoms with Gasteiger partial charge in [0, 0.05) is 45.4 Å². The maximum atomic E-state index is 12.9. The number of sulfonamides is 1. The SMILES string of the molecule is CN(C)c1ncccc1NC(=O)C1CCN(S(=O)(=O)c2cccc(OC(F)(F)F)c2)CC1. The second kappa shape index (κ2) is 9.33. The van der Waals surface area contributed by atoms with Gasteiger partial charge in [-0.25, -0.2) is 13.4 Å². The number of carbonyl (C=O) groups excluding carboxylic acids is 1. The molecule has 12 heteroatoms. The maximum Gasteiger partial charge on any atom is 0.573 e. The lowest BCUT2D eigenvalue weighted by Crippen LogP contribution is -2.41. The number of aromatic nitrogens is 1. The Bertz CT molecular complexity index is 1070. The van der Waals surface area contributed by atoms with Gasteiger partial charge in [-0.1, -0.05) is 6.07 Å². The molecule has 0 atom stereocenters. The number of pyridine rings is 1. The van der Waals surface area contributed by atoms with Gasteiger partial charge in [0.1, 0.15) is 5.75 Å². The fourth-order valence-electron chi connectivity index (χ4n) is 3.42. The van der Waals surface area contributed by atoms with E-state index in [-0.39, 0.29) is 36.7 Å². The number of halogens is 3. The van der Waals surface area contributed by atoms with Crippen LogP contribution in [-0.2, 0) is 14.8 Å². The molecular formula is C20H23F3N4O4S. The van der Waals surface area contributed by atoms with Crippen LogP contribution in [0.2, 0.25) is 0 Å². The van der Waals surface area contributed by atoms with Crippen LogP contribution < -0.4 is 15.0 Å². The van der Waals surface area contributed by atoms with Gasteiger partial charge in [-0.05, 0) is 37.1 Å². The molecule has 2 aromatic rings. The zero-order valence-corrected chi connectivity index (χ0v) is 18.3. The van der Waals surface area contributed by atoms with E-state index < -0.39 is 28.1 Å². The maximum absolute atomic E-state index is 12.9. The molecule has 1 aromatic heterocycles. The Balaban J connectivity index is 1.65. The predicted molar refractivity (Wildman–Crippen MR) is 112 cm³/mol. The van der Waals surface area contributed by atoms with Gasteiger partial charge in [0.2, 0.25) is 15.9 Å². The van der Waals surface area contributed by atoms with E-state index in [1.807, 2.05) is 0 Å². The van der Waals surface area contributed by atoms with Crippen molar-refractivity contribution in [3.8, 4) is 5.75 Å². The normalized spacial score (nSPS) is 15.9. The molecule has 3 rings (SSSR count). The minimum Gasteiger partial charge on any atom is -0.406 e. The van der Waals surface area contributed by atoms with Crippen molar-refractivity contribution in [2.75, 3.05) is 37.4 Å². The minimum atomic E-state index is -4.92. The lowest BCUT2D eigenvalue weighted by Gasteiger charge is -2.30. The molecular weight excluding hydrogens is 449 g/mol. The summed E-state index contributed by atoms with van der Waals surface area (Å²) in [4.78, 5) is 18.4. The fraction of sp³-hybridized carbons (Fsp3) is 0.400. The molecule has 1 aromatic carbocycles. The van der Waals surface area contributed by atoms with Gasteiger partial charge in [0.25, 0.3) is 0 Å². The minimum absolute atomic E-state index is 0.0678. The van der Waals surface area contributed by atoms with Gasteiger partial charge in [-0.3, -0.25) is 4.79 Å². The molecule has 2 heterocycles. The first-order chi connectivity index (χ1) is 15.0. The second-order valence-electron chi connectivity index (χ2n) is 7.46. The first kappa shape index (κ1) is 23.8. The average molecular weight is 472 g/mol. The molecule has 1 saturated heterocycles. The van der Waals surface area contributed by atoms with E-state index >= 15 is 0 Å². The molecule has 1 fully saturated rings. The van der Waals surface area contributed by atoms with Crippen LogP contribution in [0, 0.1) is 5.92 Å². The van der Waals surface area contributed by atoms with Crippen LogP contribution in [-0.4, -0.2) is 57.2 Å². The number of carbonyl (C=O) groups is 1. The van der Waals surface area contributed by atoms with Crippen LogP contribution in [0.5, 0.6) is 5.75 Å². The van der Waals surface area contributed by atoms with Gasteiger partial charge in [-0.2, -0.15) is 4.31 Å². The molecule has 1 amide bonds. The summed E-state index contributed by atoms with van der Waals surface area (Å²) < 4.78 is 68.0. The Morgan fingerprint density at radius 2 is 1.88 bits per heavy atom. The highest BCUT2D eigenvalue weighted by atomic mass is 32.2. The highest BCUT2D eigenvalue weighted by Gasteiger charge is 2.34. The first-order valence-electron chi connectivity index (χ1n) is 9.76. The van der Waals surface area contributed by atoms with E-state index in [1.54, 1.807) is 37.3 Å². The van der Waals surface area contributed by atoms with Crippen molar-refractivity contribution in [3.05, 3.63) is 42.6 Å². The lowest BCUT2D eigenvalue weighted by atomic mass is 9.97. The number of benzene rings is 1. The third-order valence-electron chi connectivity index (χ3n) is 4.97. The predicted octanol–water partition coefficient (Wildman–Crippen LogP) is 3.09. The summed E-state index contributed by atoms with van der Waals surface area (Å²) in [6, 6.07) is 7.70. The number of nitrogens with one attached hydrogen (secondary N) is 1. The van der Waals surface area contributed by atoms with Crippen molar-refractivity contribution < 1.29 is 31.1 Å². The van der Waals surface area contributed by atoms with Crippen molar-refractivity contribution in [2.45, 2.75) is 24.1 Å². The van der Waals surface area contributed by atoms with E-state index in [0.29, 0.717) is 11.5 Å². The number of piperidine rings is 1. The van der Waals surface area contributed by atoms with Crippen LogP contribution in [0.1, 0.15) is 12.8 Å². The van der Waals surface area contributed by atoms with Crippen LogP contribution in [0.15, 0.2) is 47.5 Å². The topological polar surface area (TPSA) is 91.8 Å².